The lowest BCUT2D eigenvalue weighted by molar-refractivity contribution is 0.0912. The van der Waals surface area contributed by atoms with Gasteiger partial charge in [0.1, 0.15) is 0 Å². The molecule has 2 N–H and O–H groups in total. The predicted molar refractivity (Wildman–Crippen MR) is 82.9 cm³/mol. The van der Waals surface area contributed by atoms with E-state index < -0.39 is 12.0 Å². The van der Waals surface area contributed by atoms with Crippen molar-refractivity contribution in [3.8, 4) is 11.1 Å². The van der Waals surface area contributed by atoms with Crippen LogP contribution in [0, 0.1) is 0 Å². The molecule has 23 heavy (non-hydrogen) atoms. The van der Waals surface area contributed by atoms with Gasteiger partial charge in [0.25, 0.3) is 5.91 Å². The predicted octanol–water partition coefficient (Wildman–Crippen LogP) is 2.29. The molecule has 0 radical (unpaired) electrons. The SMILES string of the molecule is CCOC(=O)NNC(=O)c1ccc2c(c1)C(=O)c1ccccc1-2. The molecule has 2 amide bonds. The maximum Gasteiger partial charge on any atom is 0.426 e. The van der Waals surface area contributed by atoms with Gasteiger partial charge in [0, 0.05) is 16.7 Å². The van der Waals surface area contributed by atoms with Gasteiger partial charge in [-0.1, -0.05) is 30.3 Å². The van der Waals surface area contributed by atoms with Gasteiger partial charge < -0.3 is 4.74 Å². The number of nitrogens with one attached hydrogen (secondary N) is 2. The first-order valence-corrected chi connectivity index (χ1v) is 7.13. The van der Waals surface area contributed by atoms with E-state index in [1.165, 1.54) is 6.07 Å². The molecular weight excluding hydrogens is 296 g/mol. The van der Waals surface area contributed by atoms with Crippen LogP contribution in [0.25, 0.3) is 11.1 Å². The van der Waals surface area contributed by atoms with Crippen LogP contribution in [0.15, 0.2) is 42.5 Å². The molecule has 0 spiro atoms. The number of ether oxygens (including phenoxy) is 1. The lowest BCUT2D eigenvalue weighted by Gasteiger charge is -2.08. The number of ketones is 1. The van der Waals surface area contributed by atoms with Gasteiger partial charge in [-0.15, -0.1) is 0 Å². The number of carbonyl (C=O) groups excluding carboxylic acids is 3. The number of hydrogen-bond donors (Lipinski definition) is 2. The van der Waals surface area contributed by atoms with Gasteiger partial charge in [0.15, 0.2) is 5.78 Å². The van der Waals surface area contributed by atoms with Gasteiger partial charge in [0.05, 0.1) is 6.61 Å². The van der Waals surface area contributed by atoms with Crippen LogP contribution in [0.5, 0.6) is 0 Å². The Balaban J connectivity index is 1.82. The number of carbonyl (C=O) groups is 3. The lowest BCUT2D eigenvalue weighted by atomic mass is 10.0. The zero-order valence-corrected chi connectivity index (χ0v) is 12.4. The van der Waals surface area contributed by atoms with E-state index in [1.807, 2.05) is 12.1 Å². The summed E-state index contributed by atoms with van der Waals surface area (Å²) >= 11 is 0. The van der Waals surface area contributed by atoms with Crippen molar-refractivity contribution in [2.45, 2.75) is 6.92 Å². The first kappa shape index (κ1) is 14.8. The number of hydrazine groups is 1. The first-order valence-electron chi connectivity index (χ1n) is 7.13. The van der Waals surface area contributed by atoms with E-state index in [9.17, 15) is 14.4 Å². The third kappa shape index (κ3) is 2.66. The highest BCUT2D eigenvalue weighted by Crippen LogP contribution is 2.36. The summed E-state index contributed by atoms with van der Waals surface area (Å²) in [7, 11) is 0. The molecular formula is C17H14N2O4. The number of benzene rings is 2. The maximum absolute atomic E-state index is 12.4. The van der Waals surface area contributed by atoms with Crippen LogP contribution >= 0.6 is 0 Å². The van der Waals surface area contributed by atoms with E-state index in [4.69, 9.17) is 0 Å². The van der Waals surface area contributed by atoms with E-state index in [2.05, 4.69) is 15.6 Å². The Bertz CT molecular complexity index is 814. The molecule has 0 aliphatic heterocycles. The average molecular weight is 310 g/mol. The second-order valence-electron chi connectivity index (χ2n) is 4.93. The smallest absolute Gasteiger partial charge is 0.426 e. The normalized spacial score (nSPS) is 11.4. The topological polar surface area (TPSA) is 84.5 Å². The molecule has 1 aliphatic carbocycles. The zero-order chi connectivity index (χ0) is 16.4. The molecule has 6 nitrogen and oxygen atoms in total. The Morgan fingerprint density at radius 1 is 0.957 bits per heavy atom. The van der Waals surface area contributed by atoms with Crippen LogP contribution in [-0.2, 0) is 4.74 Å². The Hall–Kier alpha value is -3.15. The number of fused-ring (bicyclic) bond motifs is 3. The van der Waals surface area contributed by atoms with E-state index in [0.717, 1.165) is 11.1 Å². The summed E-state index contributed by atoms with van der Waals surface area (Å²) in [6, 6.07) is 12.2. The molecule has 0 fully saturated rings. The van der Waals surface area contributed by atoms with Gasteiger partial charge >= 0.3 is 6.09 Å². The molecule has 3 rings (SSSR count). The monoisotopic (exact) mass is 310 g/mol. The van der Waals surface area contributed by atoms with Crippen LogP contribution in [0.1, 0.15) is 33.2 Å². The molecule has 116 valence electrons. The van der Waals surface area contributed by atoms with Gasteiger partial charge in [0.2, 0.25) is 0 Å². The summed E-state index contributed by atoms with van der Waals surface area (Å²) in [4.78, 5) is 35.6. The first-order chi connectivity index (χ1) is 11.1. The largest absolute Gasteiger partial charge is 0.449 e. The summed E-state index contributed by atoms with van der Waals surface area (Å²) in [5.41, 5.74) is 7.43. The zero-order valence-electron chi connectivity index (χ0n) is 12.4. The Morgan fingerprint density at radius 3 is 2.39 bits per heavy atom. The molecule has 6 heteroatoms. The van der Waals surface area contributed by atoms with Crippen molar-refractivity contribution in [2.75, 3.05) is 6.61 Å². The summed E-state index contributed by atoms with van der Waals surface area (Å²) in [6.07, 6.45) is -0.745. The maximum atomic E-state index is 12.4. The van der Waals surface area contributed by atoms with E-state index in [0.29, 0.717) is 11.1 Å². The van der Waals surface area contributed by atoms with Crippen LogP contribution in [0.4, 0.5) is 4.79 Å². The van der Waals surface area contributed by atoms with Gasteiger partial charge in [-0.25, -0.2) is 10.2 Å². The van der Waals surface area contributed by atoms with Crippen LogP contribution < -0.4 is 10.9 Å². The van der Waals surface area contributed by atoms with Gasteiger partial charge in [-0.2, -0.15) is 0 Å². The molecule has 0 aromatic heterocycles. The van der Waals surface area contributed by atoms with Crippen LogP contribution in [-0.4, -0.2) is 24.4 Å². The molecule has 0 unspecified atom stereocenters. The standard InChI is InChI=1S/C17H14N2O4/c1-2-23-17(22)19-18-16(21)10-7-8-12-11-5-3-4-6-13(11)15(20)14(12)9-10/h3-9H,2H2,1H3,(H,18,21)(H,19,22). The van der Waals surface area contributed by atoms with E-state index in [-0.39, 0.29) is 18.0 Å². The minimum Gasteiger partial charge on any atom is -0.449 e. The fourth-order valence-corrected chi connectivity index (χ4v) is 2.52. The third-order valence-corrected chi connectivity index (χ3v) is 3.54. The van der Waals surface area contributed by atoms with Gasteiger partial charge in [-0.3, -0.25) is 15.0 Å². The van der Waals surface area contributed by atoms with Crippen molar-refractivity contribution in [1.82, 2.24) is 10.9 Å². The summed E-state index contributed by atoms with van der Waals surface area (Å²) in [5, 5.41) is 0. The second-order valence-corrected chi connectivity index (χ2v) is 4.93. The summed E-state index contributed by atoms with van der Waals surface area (Å²) < 4.78 is 4.64. The molecule has 0 saturated carbocycles. The second kappa shape index (κ2) is 5.92. The summed E-state index contributed by atoms with van der Waals surface area (Å²) in [5.74, 6) is -0.631. The molecule has 1 aliphatic rings. The number of rotatable bonds is 2. The van der Waals surface area contributed by atoms with E-state index >= 15 is 0 Å². The molecule has 0 bridgehead atoms. The van der Waals surface area contributed by atoms with Crippen molar-refractivity contribution >= 4 is 17.8 Å². The minimum atomic E-state index is -0.745. The number of hydrogen-bond acceptors (Lipinski definition) is 4. The third-order valence-electron chi connectivity index (χ3n) is 3.54. The Morgan fingerprint density at radius 2 is 1.65 bits per heavy atom. The van der Waals surface area contributed by atoms with Crippen molar-refractivity contribution in [2.24, 2.45) is 0 Å². The minimum absolute atomic E-state index is 0.108. The Kier molecular flexibility index (Phi) is 3.80. The van der Waals surface area contributed by atoms with Crippen LogP contribution in [0.3, 0.4) is 0 Å². The average Bonchev–Trinajstić information content (AvgIpc) is 2.86. The highest BCUT2D eigenvalue weighted by molar-refractivity contribution is 6.22. The molecule has 2 aromatic rings. The van der Waals surface area contributed by atoms with Crippen molar-refractivity contribution in [3.63, 3.8) is 0 Å². The highest BCUT2D eigenvalue weighted by atomic mass is 16.5. The highest BCUT2D eigenvalue weighted by Gasteiger charge is 2.27. The van der Waals surface area contributed by atoms with Crippen molar-refractivity contribution < 1.29 is 19.1 Å². The van der Waals surface area contributed by atoms with Crippen molar-refractivity contribution in [1.29, 1.82) is 0 Å². The van der Waals surface area contributed by atoms with Crippen LogP contribution in [0.2, 0.25) is 0 Å². The molecule has 0 atom stereocenters. The van der Waals surface area contributed by atoms with E-state index in [1.54, 1.807) is 31.2 Å². The molecule has 0 saturated heterocycles. The Labute approximate surface area is 132 Å². The quantitative estimate of drug-likeness (QED) is 0.711. The molecule has 0 heterocycles. The summed E-state index contributed by atoms with van der Waals surface area (Å²) in [6.45, 7) is 1.86. The fraction of sp³-hybridized carbons (Fsp3) is 0.118. The fourth-order valence-electron chi connectivity index (χ4n) is 2.52. The molecule has 2 aromatic carbocycles. The lowest BCUT2D eigenvalue weighted by Crippen LogP contribution is -2.41. The van der Waals surface area contributed by atoms with Crippen molar-refractivity contribution in [3.05, 3.63) is 59.2 Å². The van der Waals surface area contributed by atoms with Gasteiger partial charge in [-0.05, 0) is 30.2 Å². The number of amides is 2.